The third-order valence-corrected chi connectivity index (χ3v) is 2.45. The van der Waals surface area contributed by atoms with E-state index in [1.807, 2.05) is 4.57 Å². The normalized spacial score (nSPS) is 9.84. The predicted octanol–water partition coefficient (Wildman–Crippen LogP) is 1.17. The number of aromatic nitrogens is 3. The first-order chi connectivity index (χ1) is 9.22. The van der Waals surface area contributed by atoms with Crippen LogP contribution in [0.2, 0.25) is 0 Å². The zero-order chi connectivity index (χ0) is 13.7. The van der Waals surface area contributed by atoms with Gasteiger partial charge in [0.2, 0.25) is 5.82 Å². The first-order valence-corrected chi connectivity index (χ1v) is 5.45. The second-order valence-corrected chi connectivity index (χ2v) is 3.65. The molecule has 2 aromatic heterocycles. The lowest BCUT2D eigenvalue weighted by Crippen LogP contribution is -2.12. The van der Waals surface area contributed by atoms with Crippen LogP contribution in [0.15, 0.2) is 31.0 Å². The molecule has 0 bridgehead atoms. The molecule has 0 aliphatic rings. The average molecular weight is 258 g/mol. The van der Waals surface area contributed by atoms with Crippen molar-refractivity contribution in [3.63, 3.8) is 0 Å². The Morgan fingerprint density at radius 2 is 2.37 bits per heavy atom. The van der Waals surface area contributed by atoms with Crippen LogP contribution in [0.4, 0.5) is 11.5 Å². The summed E-state index contributed by atoms with van der Waals surface area (Å²) in [5.41, 5.74) is -0.305. The molecular weight excluding hydrogens is 248 g/mol. The molecule has 0 aromatic carbocycles. The van der Waals surface area contributed by atoms with Crippen molar-refractivity contribution in [3.05, 3.63) is 46.7 Å². The van der Waals surface area contributed by atoms with Crippen molar-refractivity contribution in [2.45, 2.75) is 6.54 Å². The maximum atomic E-state index is 11.0. The fraction of sp³-hybridized carbons (Fsp3) is 0.182. The molecule has 2 heterocycles. The zero-order valence-corrected chi connectivity index (χ0v) is 9.85. The van der Waals surface area contributed by atoms with Crippen LogP contribution in [0, 0.1) is 21.4 Å². The summed E-state index contributed by atoms with van der Waals surface area (Å²) in [4.78, 5) is 18.1. The molecule has 8 nitrogen and oxygen atoms in total. The topological polar surface area (TPSA) is 110 Å². The van der Waals surface area contributed by atoms with E-state index in [0.29, 0.717) is 13.1 Å². The van der Waals surface area contributed by atoms with Gasteiger partial charge in [0.15, 0.2) is 0 Å². The van der Waals surface area contributed by atoms with Gasteiger partial charge in [0.05, 0.1) is 11.3 Å². The number of hydrogen-bond donors (Lipinski definition) is 1. The van der Waals surface area contributed by atoms with E-state index in [4.69, 9.17) is 5.26 Å². The summed E-state index contributed by atoms with van der Waals surface area (Å²) < 4.78 is 1.83. The summed E-state index contributed by atoms with van der Waals surface area (Å²) in [7, 11) is 0. The second kappa shape index (κ2) is 5.59. The van der Waals surface area contributed by atoms with Crippen LogP contribution in [0.25, 0.3) is 0 Å². The highest BCUT2D eigenvalue weighted by Gasteiger charge is 2.20. The summed E-state index contributed by atoms with van der Waals surface area (Å²) in [6, 6.07) is 3.10. The van der Waals surface area contributed by atoms with Crippen LogP contribution in [0.1, 0.15) is 5.56 Å². The fourth-order valence-corrected chi connectivity index (χ4v) is 1.58. The maximum absolute atomic E-state index is 11.0. The zero-order valence-electron chi connectivity index (χ0n) is 9.85. The molecule has 0 fully saturated rings. The van der Waals surface area contributed by atoms with Crippen LogP contribution >= 0.6 is 0 Å². The summed E-state index contributed by atoms with van der Waals surface area (Å²) in [5, 5.41) is 22.7. The number of rotatable bonds is 5. The molecule has 0 radical (unpaired) electrons. The van der Waals surface area contributed by atoms with Gasteiger partial charge in [0, 0.05) is 31.7 Å². The predicted molar refractivity (Wildman–Crippen MR) is 66.3 cm³/mol. The van der Waals surface area contributed by atoms with E-state index < -0.39 is 4.92 Å². The molecule has 0 unspecified atom stereocenters. The van der Waals surface area contributed by atoms with Gasteiger partial charge in [-0.05, 0) is 6.07 Å². The minimum atomic E-state index is -0.606. The highest BCUT2D eigenvalue weighted by atomic mass is 16.6. The Morgan fingerprint density at radius 3 is 3.00 bits per heavy atom. The van der Waals surface area contributed by atoms with E-state index in [0.717, 1.165) is 0 Å². The quantitative estimate of drug-likeness (QED) is 0.636. The van der Waals surface area contributed by atoms with Gasteiger partial charge in [-0.25, -0.2) is 9.97 Å². The number of anilines is 1. The van der Waals surface area contributed by atoms with E-state index in [1.54, 1.807) is 24.8 Å². The van der Waals surface area contributed by atoms with Gasteiger partial charge >= 0.3 is 5.69 Å². The number of nitriles is 1. The largest absolute Gasteiger partial charge is 0.363 e. The third kappa shape index (κ3) is 2.84. The summed E-state index contributed by atoms with van der Waals surface area (Å²) in [5.74, 6) is 0.101. The SMILES string of the molecule is N#Cc1ccnc(NCCn2ccnc2)c1[N+](=O)[O-]. The number of nitro groups is 1. The fourth-order valence-electron chi connectivity index (χ4n) is 1.58. The summed E-state index contributed by atoms with van der Waals surface area (Å²) in [6.07, 6.45) is 6.45. The highest BCUT2D eigenvalue weighted by molar-refractivity contribution is 5.63. The van der Waals surface area contributed by atoms with Gasteiger partial charge in [-0.15, -0.1) is 0 Å². The van der Waals surface area contributed by atoms with Gasteiger partial charge in [0.1, 0.15) is 11.6 Å². The molecule has 0 aliphatic carbocycles. The van der Waals surface area contributed by atoms with Crippen molar-refractivity contribution in [2.24, 2.45) is 0 Å². The molecule has 0 atom stereocenters. The molecule has 0 saturated heterocycles. The van der Waals surface area contributed by atoms with E-state index in [-0.39, 0.29) is 17.1 Å². The molecule has 19 heavy (non-hydrogen) atoms. The van der Waals surface area contributed by atoms with Crippen LogP contribution in [-0.4, -0.2) is 26.0 Å². The number of imidazole rings is 1. The molecule has 96 valence electrons. The molecular formula is C11H10N6O2. The molecule has 1 N–H and O–H groups in total. The van der Waals surface area contributed by atoms with Crippen molar-refractivity contribution >= 4 is 11.5 Å². The van der Waals surface area contributed by atoms with Crippen molar-refractivity contribution < 1.29 is 4.92 Å². The third-order valence-electron chi connectivity index (χ3n) is 2.45. The first kappa shape index (κ1) is 12.5. The standard InChI is InChI=1S/C11H10N6O2/c12-7-9-1-2-14-11(10(9)17(18)19)15-4-6-16-5-3-13-8-16/h1-3,5,8H,4,6H2,(H,14,15). The Bertz CT molecular complexity index is 617. The van der Waals surface area contributed by atoms with Gasteiger partial charge in [-0.1, -0.05) is 0 Å². The summed E-state index contributed by atoms with van der Waals surface area (Å²) >= 11 is 0. The van der Waals surface area contributed by atoms with Crippen LogP contribution in [-0.2, 0) is 6.54 Å². The van der Waals surface area contributed by atoms with E-state index in [1.165, 1.54) is 12.3 Å². The highest BCUT2D eigenvalue weighted by Crippen LogP contribution is 2.25. The van der Waals surface area contributed by atoms with Gasteiger partial charge in [0.25, 0.3) is 0 Å². The molecule has 0 saturated carbocycles. The van der Waals surface area contributed by atoms with Crippen LogP contribution in [0.3, 0.4) is 0 Å². The van der Waals surface area contributed by atoms with Crippen molar-refractivity contribution in [1.29, 1.82) is 5.26 Å². The molecule has 8 heteroatoms. The van der Waals surface area contributed by atoms with Crippen molar-refractivity contribution in [1.82, 2.24) is 14.5 Å². The first-order valence-electron chi connectivity index (χ1n) is 5.45. The van der Waals surface area contributed by atoms with Gasteiger partial charge in [-0.3, -0.25) is 10.1 Å². The lowest BCUT2D eigenvalue weighted by molar-refractivity contribution is -0.384. The summed E-state index contributed by atoms with van der Waals surface area (Å²) in [6.45, 7) is 1.04. The minimum Gasteiger partial charge on any atom is -0.363 e. The number of hydrogen-bond acceptors (Lipinski definition) is 6. The van der Waals surface area contributed by atoms with E-state index >= 15 is 0 Å². The maximum Gasteiger partial charge on any atom is 0.328 e. The molecule has 0 spiro atoms. The molecule has 0 amide bonds. The van der Waals surface area contributed by atoms with Crippen molar-refractivity contribution in [3.8, 4) is 6.07 Å². The van der Waals surface area contributed by atoms with Crippen LogP contribution < -0.4 is 5.32 Å². The lowest BCUT2D eigenvalue weighted by Gasteiger charge is -2.07. The van der Waals surface area contributed by atoms with Crippen LogP contribution in [0.5, 0.6) is 0 Å². The molecule has 2 rings (SSSR count). The number of pyridine rings is 1. The van der Waals surface area contributed by atoms with E-state index in [9.17, 15) is 10.1 Å². The Kier molecular flexibility index (Phi) is 3.68. The average Bonchev–Trinajstić information content (AvgIpc) is 2.91. The smallest absolute Gasteiger partial charge is 0.328 e. The Labute approximate surface area is 108 Å². The molecule has 2 aromatic rings. The Morgan fingerprint density at radius 1 is 1.53 bits per heavy atom. The Hall–Kier alpha value is -2.95. The number of nitrogens with zero attached hydrogens (tertiary/aromatic N) is 5. The molecule has 0 aliphatic heterocycles. The van der Waals surface area contributed by atoms with Gasteiger partial charge in [-0.2, -0.15) is 5.26 Å². The Balaban J connectivity index is 2.12. The van der Waals surface area contributed by atoms with Crippen molar-refractivity contribution in [2.75, 3.05) is 11.9 Å². The lowest BCUT2D eigenvalue weighted by atomic mass is 10.2. The minimum absolute atomic E-state index is 0.00914. The van der Waals surface area contributed by atoms with Gasteiger partial charge < -0.3 is 9.88 Å². The monoisotopic (exact) mass is 258 g/mol. The number of nitrogens with one attached hydrogen (secondary N) is 1. The van der Waals surface area contributed by atoms with E-state index in [2.05, 4.69) is 15.3 Å². The second-order valence-electron chi connectivity index (χ2n) is 3.65.